The number of benzene rings is 1. The van der Waals surface area contributed by atoms with Gasteiger partial charge in [-0.1, -0.05) is 23.4 Å². The molecule has 7 heteroatoms. The number of carbonyl (C=O) groups excluding carboxylic acids is 1. The first-order chi connectivity index (χ1) is 13.1. The predicted molar refractivity (Wildman–Crippen MR) is 103 cm³/mol. The second-order valence-electron chi connectivity index (χ2n) is 7.31. The molecule has 1 unspecified atom stereocenters. The van der Waals surface area contributed by atoms with E-state index in [-0.39, 0.29) is 18.1 Å². The summed E-state index contributed by atoms with van der Waals surface area (Å²) in [6, 6.07) is 10.1. The zero-order valence-corrected chi connectivity index (χ0v) is 16.2. The number of aromatic nitrogens is 3. The summed E-state index contributed by atoms with van der Waals surface area (Å²) >= 11 is 0. The number of nitrogens with zero attached hydrogens (tertiary/aromatic N) is 4. The Kier molecular flexibility index (Phi) is 6.68. The molecule has 1 fully saturated rings. The highest BCUT2D eigenvalue weighted by Crippen LogP contribution is 2.20. The van der Waals surface area contributed by atoms with Gasteiger partial charge in [-0.25, -0.2) is 4.79 Å². The van der Waals surface area contributed by atoms with Gasteiger partial charge in [-0.2, -0.15) is 0 Å². The van der Waals surface area contributed by atoms with Crippen molar-refractivity contribution in [1.29, 1.82) is 0 Å². The number of ether oxygens (including phenoxy) is 1. The minimum Gasteiger partial charge on any atom is -0.487 e. The molecular formula is C20H29N5O2. The average molecular weight is 371 g/mol. The number of aryl methyl sites for hydroxylation is 1. The van der Waals surface area contributed by atoms with Gasteiger partial charge in [0.05, 0.1) is 6.20 Å². The zero-order valence-electron chi connectivity index (χ0n) is 16.2. The minimum absolute atomic E-state index is 0.0465. The summed E-state index contributed by atoms with van der Waals surface area (Å²) in [5.41, 5.74) is 0.803. The van der Waals surface area contributed by atoms with Crippen LogP contribution in [0.3, 0.4) is 0 Å². The summed E-state index contributed by atoms with van der Waals surface area (Å²) in [5, 5.41) is 11.4. The molecule has 1 aromatic heterocycles. The van der Waals surface area contributed by atoms with Crippen molar-refractivity contribution < 1.29 is 9.53 Å². The second-order valence-corrected chi connectivity index (χ2v) is 7.31. The van der Waals surface area contributed by atoms with Crippen LogP contribution in [0.15, 0.2) is 36.5 Å². The molecule has 7 nitrogen and oxygen atoms in total. The summed E-state index contributed by atoms with van der Waals surface area (Å²) in [4.78, 5) is 14.4. The molecule has 2 aromatic rings. The fraction of sp³-hybridized carbons (Fsp3) is 0.550. The molecule has 0 radical (unpaired) electrons. The molecule has 0 saturated carbocycles. The molecule has 146 valence electrons. The molecule has 2 heterocycles. The molecule has 0 aliphatic carbocycles. The minimum atomic E-state index is 0.0465. The van der Waals surface area contributed by atoms with Gasteiger partial charge in [0.1, 0.15) is 18.1 Å². The molecule has 0 bridgehead atoms. The average Bonchev–Trinajstić information content (AvgIpc) is 3.13. The lowest BCUT2D eigenvalue weighted by atomic mass is 10.00. The lowest BCUT2D eigenvalue weighted by Gasteiger charge is -2.36. The number of nitrogens with one attached hydrogen (secondary N) is 1. The molecule has 1 aliphatic heterocycles. The van der Waals surface area contributed by atoms with Gasteiger partial charge in [-0.05, 0) is 51.7 Å². The van der Waals surface area contributed by atoms with Gasteiger partial charge in [-0.3, -0.25) is 4.68 Å². The van der Waals surface area contributed by atoms with Gasteiger partial charge in [0.25, 0.3) is 0 Å². The highest BCUT2D eigenvalue weighted by Gasteiger charge is 2.26. The van der Waals surface area contributed by atoms with Crippen LogP contribution in [0.4, 0.5) is 4.79 Å². The van der Waals surface area contributed by atoms with Crippen molar-refractivity contribution in [2.24, 2.45) is 0 Å². The Morgan fingerprint density at radius 3 is 2.89 bits per heavy atom. The van der Waals surface area contributed by atoms with E-state index in [1.807, 2.05) is 60.0 Å². The normalized spacial score (nSPS) is 17.1. The van der Waals surface area contributed by atoms with Crippen LogP contribution in [0.1, 0.15) is 45.2 Å². The Morgan fingerprint density at radius 1 is 1.30 bits per heavy atom. The van der Waals surface area contributed by atoms with E-state index >= 15 is 0 Å². The molecule has 1 aromatic carbocycles. The van der Waals surface area contributed by atoms with E-state index in [0.717, 1.165) is 43.8 Å². The van der Waals surface area contributed by atoms with E-state index in [2.05, 4.69) is 15.6 Å². The van der Waals surface area contributed by atoms with Crippen molar-refractivity contribution in [2.75, 3.05) is 6.54 Å². The first-order valence-electron chi connectivity index (χ1n) is 9.76. The van der Waals surface area contributed by atoms with Crippen molar-refractivity contribution in [3.05, 3.63) is 42.2 Å². The first-order valence-corrected chi connectivity index (χ1v) is 9.76. The maximum absolute atomic E-state index is 12.4. The Hall–Kier alpha value is -2.57. The van der Waals surface area contributed by atoms with Gasteiger partial charge in [-0.15, -0.1) is 5.10 Å². The number of hydrogen-bond donors (Lipinski definition) is 1. The lowest BCUT2D eigenvalue weighted by Crippen LogP contribution is -2.50. The lowest BCUT2D eigenvalue weighted by molar-refractivity contribution is 0.141. The summed E-state index contributed by atoms with van der Waals surface area (Å²) in [6.45, 7) is 5.96. The SMILES string of the molecule is CC(C)NC(=O)N1CCCCC1CCn1cc(COc2ccccc2)nn1. The molecular weight excluding hydrogens is 342 g/mol. The van der Waals surface area contributed by atoms with Gasteiger partial charge in [0, 0.05) is 25.2 Å². The zero-order chi connectivity index (χ0) is 19.1. The summed E-state index contributed by atoms with van der Waals surface area (Å²) < 4.78 is 7.55. The Labute approximate surface area is 160 Å². The number of piperidine rings is 1. The second kappa shape index (κ2) is 9.39. The van der Waals surface area contributed by atoms with Crippen LogP contribution < -0.4 is 10.1 Å². The molecule has 3 rings (SSSR count). The number of hydrogen-bond acceptors (Lipinski definition) is 4. The number of likely N-dealkylation sites (tertiary alicyclic amines) is 1. The number of amides is 2. The van der Waals surface area contributed by atoms with Crippen molar-refractivity contribution in [3.63, 3.8) is 0 Å². The fourth-order valence-electron chi connectivity index (χ4n) is 3.37. The van der Waals surface area contributed by atoms with Crippen LogP contribution in [0, 0.1) is 0 Å². The standard InChI is InChI=1S/C20H29N5O2/c1-16(2)21-20(26)25-12-7-6-8-18(25)11-13-24-14-17(22-23-24)15-27-19-9-4-3-5-10-19/h3-5,9-10,14,16,18H,6-8,11-13,15H2,1-2H3,(H,21,26). The van der Waals surface area contributed by atoms with E-state index < -0.39 is 0 Å². The summed E-state index contributed by atoms with van der Waals surface area (Å²) in [6.07, 6.45) is 6.10. The molecule has 1 atom stereocenters. The maximum Gasteiger partial charge on any atom is 0.317 e. The van der Waals surface area contributed by atoms with E-state index in [0.29, 0.717) is 6.61 Å². The number of carbonyl (C=O) groups is 1. The van der Waals surface area contributed by atoms with Gasteiger partial charge in [0.15, 0.2) is 0 Å². The van der Waals surface area contributed by atoms with Crippen LogP contribution in [0.25, 0.3) is 0 Å². The highest BCUT2D eigenvalue weighted by atomic mass is 16.5. The number of para-hydroxylation sites is 1. The topological polar surface area (TPSA) is 72.3 Å². The van der Waals surface area contributed by atoms with Gasteiger partial charge in [0.2, 0.25) is 0 Å². The maximum atomic E-state index is 12.4. The summed E-state index contributed by atoms with van der Waals surface area (Å²) in [5.74, 6) is 0.820. The molecule has 0 spiro atoms. The molecule has 1 aliphatic rings. The fourth-order valence-corrected chi connectivity index (χ4v) is 3.37. The van der Waals surface area contributed by atoms with E-state index in [1.54, 1.807) is 0 Å². The van der Waals surface area contributed by atoms with Crippen LogP contribution in [0.5, 0.6) is 5.75 Å². The third kappa shape index (κ3) is 5.70. The number of rotatable bonds is 7. The van der Waals surface area contributed by atoms with Crippen molar-refractivity contribution >= 4 is 6.03 Å². The third-order valence-corrected chi connectivity index (χ3v) is 4.71. The molecule has 1 saturated heterocycles. The van der Waals surface area contributed by atoms with Crippen molar-refractivity contribution in [3.8, 4) is 5.75 Å². The Bertz CT molecular complexity index is 716. The van der Waals surface area contributed by atoms with Crippen LogP contribution in [0.2, 0.25) is 0 Å². The van der Waals surface area contributed by atoms with E-state index in [4.69, 9.17) is 4.74 Å². The third-order valence-electron chi connectivity index (χ3n) is 4.71. The Morgan fingerprint density at radius 2 is 2.11 bits per heavy atom. The van der Waals surface area contributed by atoms with Crippen molar-refractivity contribution in [1.82, 2.24) is 25.2 Å². The molecule has 27 heavy (non-hydrogen) atoms. The quantitative estimate of drug-likeness (QED) is 0.811. The first kappa shape index (κ1) is 19.2. The highest BCUT2D eigenvalue weighted by molar-refractivity contribution is 5.74. The monoisotopic (exact) mass is 371 g/mol. The van der Waals surface area contributed by atoms with E-state index in [1.165, 1.54) is 6.42 Å². The summed E-state index contributed by atoms with van der Waals surface area (Å²) in [7, 11) is 0. The van der Waals surface area contributed by atoms with Crippen LogP contribution in [-0.4, -0.2) is 44.6 Å². The predicted octanol–water partition coefficient (Wildman–Crippen LogP) is 3.22. The smallest absolute Gasteiger partial charge is 0.317 e. The molecule has 2 amide bonds. The van der Waals surface area contributed by atoms with Crippen LogP contribution in [-0.2, 0) is 13.2 Å². The largest absolute Gasteiger partial charge is 0.487 e. The van der Waals surface area contributed by atoms with Crippen LogP contribution >= 0.6 is 0 Å². The van der Waals surface area contributed by atoms with E-state index in [9.17, 15) is 4.79 Å². The van der Waals surface area contributed by atoms with Gasteiger partial charge < -0.3 is 15.0 Å². The number of urea groups is 1. The van der Waals surface area contributed by atoms with Crippen molar-refractivity contribution in [2.45, 2.75) is 64.8 Å². The molecule has 1 N–H and O–H groups in total. The van der Waals surface area contributed by atoms with Gasteiger partial charge >= 0.3 is 6.03 Å². The Balaban J connectivity index is 1.50.